The maximum Gasteiger partial charge on any atom is 0.258 e. The van der Waals surface area contributed by atoms with Gasteiger partial charge in [-0.2, -0.15) is 5.10 Å². The number of benzene rings is 1. The fourth-order valence-electron chi connectivity index (χ4n) is 1.69. The van der Waals surface area contributed by atoms with Crippen LogP contribution in [-0.4, -0.2) is 22.3 Å². The molecule has 0 saturated carbocycles. The van der Waals surface area contributed by atoms with Gasteiger partial charge in [0.15, 0.2) is 6.61 Å². The number of hydrogen-bond acceptors (Lipinski definition) is 4. The number of rotatable bonds is 6. The normalized spacial score (nSPS) is 10.3. The molecule has 0 aliphatic carbocycles. The van der Waals surface area contributed by atoms with E-state index >= 15 is 0 Å². The van der Waals surface area contributed by atoms with Crippen molar-refractivity contribution in [3.8, 4) is 5.75 Å². The van der Waals surface area contributed by atoms with Crippen molar-refractivity contribution >= 4 is 5.91 Å². The third kappa shape index (κ3) is 4.10. The van der Waals surface area contributed by atoms with Crippen molar-refractivity contribution < 1.29 is 9.53 Å². The molecule has 0 unspecified atom stereocenters. The molecule has 106 valence electrons. The summed E-state index contributed by atoms with van der Waals surface area (Å²) >= 11 is 0. The number of nitrogens with two attached hydrogens (primary N) is 1. The van der Waals surface area contributed by atoms with Crippen molar-refractivity contribution in [2.75, 3.05) is 6.61 Å². The highest BCUT2D eigenvalue weighted by Crippen LogP contribution is 2.11. The second-order valence-corrected chi connectivity index (χ2v) is 4.44. The smallest absolute Gasteiger partial charge is 0.258 e. The van der Waals surface area contributed by atoms with Crippen LogP contribution >= 0.6 is 0 Å². The molecule has 0 aliphatic rings. The molecule has 0 bridgehead atoms. The number of aromatic nitrogens is 2. The molecule has 1 aromatic heterocycles. The molecule has 2 rings (SSSR count). The maximum absolute atomic E-state index is 11.6. The fourth-order valence-corrected chi connectivity index (χ4v) is 1.69. The van der Waals surface area contributed by atoms with Gasteiger partial charge >= 0.3 is 0 Å². The van der Waals surface area contributed by atoms with Gasteiger partial charge < -0.3 is 15.8 Å². The Morgan fingerprint density at radius 1 is 1.35 bits per heavy atom. The quantitative estimate of drug-likeness (QED) is 0.807. The molecule has 3 N–H and O–H groups in total. The van der Waals surface area contributed by atoms with Crippen molar-refractivity contribution in [2.45, 2.75) is 13.1 Å². The summed E-state index contributed by atoms with van der Waals surface area (Å²) in [6.07, 6.45) is 3.57. The summed E-state index contributed by atoms with van der Waals surface area (Å²) in [5, 5.41) is 6.80. The molecular weight excluding hydrogens is 256 g/mol. The van der Waals surface area contributed by atoms with Crippen LogP contribution in [0, 0.1) is 0 Å². The van der Waals surface area contributed by atoms with E-state index in [9.17, 15) is 4.79 Å². The molecule has 0 fully saturated rings. The molecule has 0 spiro atoms. The largest absolute Gasteiger partial charge is 0.484 e. The Kier molecular flexibility index (Phi) is 4.73. The second kappa shape index (κ2) is 6.72. The van der Waals surface area contributed by atoms with Crippen LogP contribution in [0.4, 0.5) is 0 Å². The average Bonchev–Trinajstić information content (AvgIpc) is 2.89. The molecule has 6 heteroatoms. The Labute approximate surface area is 117 Å². The summed E-state index contributed by atoms with van der Waals surface area (Å²) in [4.78, 5) is 11.6. The van der Waals surface area contributed by atoms with Gasteiger partial charge in [0.05, 0.1) is 6.20 Å². The number of nitrogens with one attached hydrogen (secondary N) is 1. The molecule has 0 atom stereocenters. The zero-order valence-electron chi connectivity index (χ0n) is 11.4. The summed E-state index contributed by atoms with van der Waals surface area (Å²) in [5.74, 6) is 0.482. The molecule has 0 radical (unpaired) electrons. The lowest BCUT2D eigenvalue weighted by Crippen LogP contribution is -2.28. The summed E-state index contributed by atoms with van der Waals surface area (Å²) in [5.41, 5.74) is 7.49. The van der Waals surface area contributed by atoms with Gasteiger partial charge in [-0.1, -0.05) is 12.1 Å². The van der Waals surface area contributed by atoms with Crippen molar-refractivity contribution in [1.29, 1.82) is 0 Å². The average molecular weight is 274 g/mol. The van der Waals surface area contributed by atoms with Crippen molar-refractivity contribution in [3.05, 3.63) is 47.8 Å². The van der Waals surface area contributed by atoms with Gasteiger partial charge in [-0.05, 0) is 17.7 Å². The topological polar surface area (TPSA) is 82.2 Å². The number of ether oxygens (including phenoxy) is 1. The highest BCUT2D eigenvalue weighted by molar-refractivity contribution is 5.77. The van der Waals surface area contributed by atoms with Crippen molar-refractivity contribution in [2.24, 2.45) is 12.8 Å². The van der Waals surface area contributed by atoms with E-state index in [-0.39, 0.29) is 12.5 Å². The van der Waals surface area contributed by atoms with E-state index in [4.69, 9.17) is 10.5 Å². The number of aryl methyl sites for hydroxylation is 1. The highest BCUT2D eigenvalue weighted by Gasteiger charge is 2.04. The summed E-state index contributed by atoms with van der Waals surface area (Å²) in [7, 11) is 1.83. The van der Waals surface area contributed by atoms with Crippen LogP contribution in [0.25, 0.3) is 0 Å². The second-order valence-electron chi connectivity index (χ2n) is 4.44. The minimum absolute atomic E-state index is 0.0117. The van der Waals surface area contributed by atoms with Crippen LogP contribution in [0.2, 0.25) is 0 Å². The zero-order valence-corrected chi connectivity index (χ0v) is 11.4. The van der Waals surface area contributed by atoms with Gasteiger partial charge in [0.25, 0.3) is 5.91 Å². The Bertz CT molecular complexity index is 563. The molecule has 6 nitrogen and oxygen atoms in total. The first kappa shape index (κ1) is 14.1. The number of hydrogen-bond donors (Lipinski definition) is 2. The zero-order chi connectivity index (χ0) is 14.4. The molecule has 2 aromatic rings. The SMILES string of the molecule is Cn1cc(CNC(=O)COc2ccc(CN)cc2)cn1. The van der Waals surface area contributed by atoms with E-state index in [1.807, 2.05) is 25.4 Å². The highest BCUT2D eigenvalue weighted by atomic mass is 16.5. The number of nitrogens with zero attached hydrogens (tertiary/aromatic N) is 2. The lowest BCUT2D eigenvalue weighted by molar-refractivity contribution is -0.123. The van der Waals surface area contributed by atoms with Gasteiger partial charge in [0.2, 0.25) is 0 Å². The standard InChI is InChI=1S/C14H18N4O2/c1-18-9-12(8-17-18)7-16-14(19)10-20-13-4-2-11(6-15)3-5-13/h2-5,8-9H,6-7,10,15H2,1H3,(H,16,19). The van der Waals surface area contributed by atoms with E-state index in [2.05, 4.69) is 10.4 Å². The summed E-state index contributed by atoms with van der Waals surface area (Å²) < 4.78 is 7.08. The fraction of sp³-hybridized carbons (Fsp3) is 0.286. The van der Waals surface area contributed by atoms with Crippen LogP contribution in [0.1, 0.15) is 11.1 Å². The summed E-state index contributed by atoms with van der Waals surface area (Å²) in [6.45, 7) is 0.927. The van der Waals surface area contributed by atoms with Crippen molar-refractivity contribution in [1.82, 2.24) is 15.1 Å². The van der Waals surface area contributed by atoms with E-state index < -0.39 is 0 Å². The molecular formula is C14H18N4O2. The van der Waals surface area contributed by atoms with Gasteiger partial charge in [0.1, 0.15) is 5.75 Å². The van der Waals surface area contributed by atoms with Gasteiger partial charge in [-0.3, -0.25) is 9.48 Å². The number of carbonyl (C=O) groups is 1. The van der Waals surface area contributed by atoms with E-state index in [1.165, 1.54) is 0 Å². The third-order valence-corrected chi connectivity index (χ3v) is 2.78. The first-order valence-corrected chi connectivity index (χ1v) is 6.33. The lowest BCUT2D eigenvalue weighted by Gasteiger charge is -2.07. The molecule has 1 heterocycles. The monoisotopic (exact) mass is 274 g/mol. The molecule has 0 saturated heterocycles. The first-order chi connectivity index (χ1) is 9.67. The Balaban J connectivity index is 1.74. The number of carbonyl (C=O) groups excluding carboxylic acids is 1. The molecule has 1 aromatic carbocycles. The van der Waals surface area contributed by atoms with Crippen molar-refractivity contribution in [3.63, 3.8) is 0 Å². The van der Waals surface area contributed by atoms with Crippen LogP contribution in [0.15, 0.2) is 36.7 Å². The predicted octanol–water partition coefficient (Wildman–Crippen LogP) is 0.574. The summed E-state index contributed by atoms with van der Waals surface area (Å²) in [6, 6.07) is 7.36. The van der Waals surface area contributed by atoms with E-state index in [0.29, 0.717) is 18.8 Å². The number of amides is 1. The van der Waals surface area contributed by atoms with Crippen LogP contribution in [0.3, 0.4) is 0 Å². The third-order valence-electron chi connectivity index (χ3n) is 2.78. The Morgan fingerprint density at radius 3 is 2.70 bits per heavy atom. The van der Waals surface area contributed by atoms with Gasteiger partial charge in [-0.15, -0.1) is 0 Å². The first-order valence-electron chi connectivity index (χ1n) is 6.33. The van der Waals surface area contributed by atoms with E-state index in [1.54, 1.807) is 23.0 Å². The molecule has 0 aliphatic heterocycles. The van der Waals surface area contributed by atoms with Gasteiger partial charge in [0, 0.05) is 31.9 Å². The predicted molar refractivity (Wildman–Crippen MR) is 74.9 cm³/mol. The van der Waals surface area contributed by atoms with E-state index in [0.717, 1.165) is 11.1 Å². The van der Waals surface area contributed by atoms with Crippen LogP contribution in [0.5, 0.6) is 5.75 Å². The molecule has 20 heavy (non-hydrogen) atoms. The Hall–Kier alpha value is -2.34. The van der Waals surface area contributed by atoms with Crippen LogP contribution < -0.4 is 15.8 Å². The molecule has 1 amide bonds. The van der Waals surface area contributed by atoms with Gasteiger partial charge in [-0.25, -0.2) is 0 Å². The minimum atomic E-state index is -0.170. The minimum Gasteiger partial charge on any atom is -0.484 e. The Morgan fingerprint density at radius 2 is 2.10 bits per heavy atom. The maximum atomic E-state index is 11.6. The van der Waals surface area contributed by atoms with Crippen LogP contribution in [-0.2, 0) is 24.9 Å². The lowest BCUT2D eigenvalue weighted by atomic mass is 10.2.